The maximum absolute atomic E-state index is 2.47. The quantitative estimate of drug-likeness (QED) is 0.536. The van der Waals surface area contributed by atoms with Gasteiger partial charge in [0.1, 0.15) is 0 Å². The Bertz CT molecular complexity index is 299. The minimum atomic E-state index is -2.10. The van der Waals surface area contributed by atoms with Gasteiger partial charge in [0, 0.05) is 0 Å². The Labute approximate surface area is 112 Å². The molecule has 0 aromatic heterocycles. The van der Waals surface area contributed by atoms with Crippen molar-refractivity contribution >= 4 is 18.4 Å². The van der Waals surface area contributed by atoms with Gasteiger partial charge in [-0.15, -0.1) is 0 Å². The van der Waals surface area contributed by atoms with Gasteiger partial charge in [0.05, 0.1) is 0 Å². The molecule has 1 heterocycles. The molecule has 0 atom stereocenters. The molecule has 17 heavy (non-hydrogen) atoms. The number of hydrogen-bond donors (Lipinski definition) is 0. The predicted octanol–water partition coefficient (Wildman–Crippen LogP) is 5.80. The molecule has 0 radical (unpaired) electrons. The van der Waals surface area contributed by atoms with Crippen LogP contribution in [0.25, 0.3) is 0 Å². The van der Waals surface area contributed by atoms with E-state index in [0.717, 1.165) is 0 Å². The van der Waals surface area contributed by atoms with E-state index in [1.54, 1.807) is 20.0 Å². The molecule has 0 amide bonds. The molecule has 0 nitrogen and oxygen atoms in total. The zero-order valence-electron chi connectivity index (χ0n) is 12.7. The summed E-state index contributed by atoms with van der Waals surface area (Å²) < 4.78 is 6.88. The molecule has 0 fully saturated rings. The minimum absolute atomic E-state index is 1.36. The Morgan fingerprint density at radius 3 is 1.35 bits per heavy atom. The molecular formula is C16H30Sn. The van der Waals surface area contributed by atoms with Gasteiger partial charge in [-0.1, -0.05) is 0 Å². The molecule has 0 saturated carbocycles. The van der Waals surface area contributed by atoms with E-state index >= 15 is 0 Å². The summed E-state index contributed by atoms with van der Waals surface area (Å²) in [7, 11) is 0. The van der Waals surface area contributed by atoms with Gasteiger partial charge in [0.25, 0.3) is 0 Å². The van der Waals surface area contributed by atoms with Gasteiger partial charge in [0.15, 0.2) is 0 Å². The first-order valence-electron chi connectivity index (χ1n) is 7.37. The first-order valence-corrected chi connectivity index (χ1v) is 14.3. The van der Waals surface area contributed by atoms with Crippen LogP contribution in [0.3, 0.4) is 0 Å². The van der Waals surface area contributed by atoms with Crippen molar-refractivity contribution < 1.29 is 0 Å². The SMILES string of the molecule is CCC[CH2][Sn]1([CH2]CCC)[C](C)=C(C)C(C)=[C]1C. The molecule has 1 rings (SSSR count). The van der Waals surface area contributed by atoms with E-state index < -0.39 is 18.4 Å². The van der Waals surface area contributed by atoms with Crippen molar-refractivity contribution in [2.75, 3.05) is 0 Å². The van der Waals surface area contributed by atoms with Crippen LogP contribution in [0.5, 0.6) is 0 Å². The molecule has 0 unspecified atom stereocenters. The fraction of sp³-hybridized carbons (Fsp3) is 0.750. The molecule has 0 aliphatic carbocycles. The van der Waals surface area contributed by atoms with Gasteiger partial charge < -0.3 is 0 Å². The molecule has 0 aromatic rings. The normalized spacial score (nSPS) is 19.4. The van der Waals surface area contributed by atoms with E-state index in [2.05, 4.69) is 41.5 Å². The Kier molecular flexibility index (Phi) is 5.82. The zero-order chi connectivity index (χ0) is 13.1. The number of rotatable bonds is 6. The van der Waals surface area contributed by atoms with Crippen molar-refractivity contribution in [3.63, 3.8) is 0 Å². The first kappa shape index (κ1) is 15.3. The number of hydrogen-bond acceptors (Lipinski definition) is 0. The van der Waals surface area contributed by atoms with E-state index in [1.165, 1.54) is 25.7 Å². The molecule has 98 valence electrons. The fourth-order valence-electron chi connectivity index (χ4n) is 3.39. The van der Waals surface area contributed by atoms with Crippen LogP contribution in [0.2, 0.25) is 8.87 Å². The third kappa shape index (κ3) is 2.82. The second kappa shape index (κ2) is 6.45. The van der Waals surface area contributed by atoms with Crippen LogP contribution in [0.4, 0.5) is 0 Å². The Balaban J connectivity index is 3.05. The van der Waals surface area contributed by atoms with Crippen molar-refractivity contribution in [3.8, 4) is 0 Å². The third-order valence-electron chi connectivity index (χ3n) is 5.04. The number of unbranched alkanes of at least 4 members (excludes halogenated alkanes) is 2. The molecule has 0 aromatic carbocycles. The average Bonchev–Trinajstić information content (AvgIpc) is 2.49. The zero-order valence-corrected chi connectivity index (χ0v) is 15.6. The molecule has 1 aliphatic rings. The summed E-state index contributed by atoms with van der Waals surface area (Å²) in [6.45, 7) is 14.3. The summed E-state index contributed by atoms with van der Waals surface area (Å²) >= 11 is -2.10. The summed E-state index contributed by atoms with van der Waals surface area (Å²) in [6, 6.07) is 0. The number of allylic oxidation sites excluding steroid dienone is 4. The summed E-state index contributed by atoms with van der Waals surface area (Å²) in [6.07, 6.45) is 5.64. The average molecular weight is 341 g/mol. The van der Waals surface area contributed by atoms with Crippen LogP contribution in [0.1, 0.15) is 67.2 Å². The van der Waals surface area contributed by atoms with Gasteiger partial charge in [-0.25, -0.2) is 0 Å². The van der Waals surface area contributed by atoms with Gasteiger partial charge in [0.2, 0.25) is 0 Å². The molecule has 0 spiro atoms. The fourth-order valence-corrected chi connectivity index (χ4v) is 20.6. The van der Waals surface area contributed by atoms with E-state index in [1.807, 2.05) is 7.18 Å². The molecule has 1 aliphatic heterocycles. The molecule has 0 saturated heterocycles. The standard InChI is InChI=1S/C8H12.2C4H9.Sn/c1-5-7(3)8(4)6-2;2*1-3-4-2;/h1-4H3;2*1,3-4H2,2H3;. The van der Waals surface area contributed by atoms with Crippen molar-refractivity contribution in [2.24, 2.45) is 0 Å². The third-order valence-corrected chi connectivity index (χ3v) is 22.3. The second-order valence-corrected chi connectivity index (χ2v) is 19.1. The molecule has 1 heteroatoms. The molecule has 0 bridgehead atoms. The second-order valence-electron chi connectivity index (χ2n) is 5.79. The Morgan fingerprint density at radius 1 is 0.706 bits per heavy atom. The van der Waals surface area contributed by atoms with Gasteiger partial charge >= 0.3 is 113 Å². The first-order chi connectivity index (χ1) is 8.01. The summed E-state index contributed by atoms with van der Waals surface area (Å²) in [5.41, 5.74) is 3.32. The van der Waals surface area contributed by atoms with E-state index in [0.29, 0.717) is 0 Å². The topological polar surface area (TPSA) is 0 Å². The van der Waals surface area contributed by atoms with E-state index in [4.69, 9.17) is 0 Å². The Hall–Kier alpha value is 0.279. The maximum atomic E-state index is 2.47. The van der Waals surface area contributed by atoms with Crippen molar-refractivity contribution in [1.82, 2.24) is 0 Å². The van der Waals surface area contributed by atoms with E-state index in [9.17, 15) is 0 Å². The monoisotopic (exact) mass is 342 g/mol. The molecular weight excluding hydrogens is 311 g/mol. The van der Waals surface area contributed by atoms with Crippen LogP contribution in [0.15, 0.2) is 18.3 Å². The molecule has 0 N–H and O–H groups in total. The van der Waals surface area contributed by atoms with Gasteiger partial charge in [-0.2, -0.15) is 0 Å². The summed E-state index contributed by atoms with van der Waals surface area (Å²) in [5, 5.41) is 0. The van der Waals surface area contributed by atoms with Gasteiger partial charge in [-0.3, -0.25) is 0 Å². The van der Waals surface area contributed by atoms with Crippen LogP contribution in [-0.4, -0.2) is 18.4 Å². The van der Waals surface area contributed by atoms with Crippen LogP contribution in [0, 0.1) is 0 Å². The summed E-state index contributed by atoms with van der Waals surface area (Å²) in [4.78, 5) is 0. The predicted molar refractivity (Wildman–Crippen MR) is 81.9 cm³/mol. The van der Waals surface area contributed by atoms with Crippen molar-refractivity contribution in [1.29, 1.82) is 0 Å². The van der Waals surface area contributed by atoms with Crippen LogP contribution < -0.4 is 0 Å². The van der Waals surface area contributed by atoms with Crippen LogP contribution in [-0.2, 0) is 0 Å². The van der Waals surface area contributed by atoms with Crippen molar-refractivity contribution in [3.05, 3.63) is 18.3 Å². The van der Waals surface area contributed by atoms with E-state index in [-0.39, 0.29) is 0 Å². The van der Waals surface area contributed by atoms with Crippen molar-refractivity contribution in [2.45, 2.75) is 76.1 Å². The summed E-state index contributed by atoms with van der Waals surface area (Å²) in [5.74, 6) is 0. The van der Waals surface area contributed by atoms with Crippen LogP contribution >= 0.6 is 0 Å². The Morgan fingerprint density at radius 2 is 1.06 bits per heavy atom. The van der Waals surface area contributed by atoms with Gasteiger partial charge in [-0.05, 0) is 0 Å².